The van der Waals surface area contributed by atoms with Gasteiger partial charge >= 0.3 is 0 Å². The third-order valence-electron chi connectivity index (χ3n) is 3.48. The van der Waals surface area contributed by atoms with Gasteiger partial charge < -0.3 is 19.4 Å². The van der Waals surface area contributed by atoms with Gasteiger partial charge in [0.15, 0.2) is 10.2 Å². The first-order valence-electron chi connectivity index (χ1n) is 7.83. The van der Waals surface area contributed by atoms with Crippen molar-refractivity contribution in [3.63, 3.8) is 0 Å². The van der Waals surface area contributed by atoms with Crippen LogP contribution < -0.4 is 21.1 Å². The normalized spacial score (nSPS) is 14.2. The summed E-state index contributed by atoms with van der Waals surface area (Å²) >= 11 is 6.63. The molecule has 10 heteroatoms. The molecule has 0 aliphatic carbocycles. The number of carbonyl (C=O) groups excluding carboxylic acids is 1. The Morgan fingerprint density at radius 3 is 2.96 bits per heavy atom. The summed E-state index contributed by atoms with van der Waals surface area (Å²) in [4.78, 5) is 18.7. The minimum absolute atomic E-state index is 0.189. The highest BCUT2D eigenvalue weighted by Gasteiger charge is 2.15. The number of hydrazine groups is 1. The van der Waals surface area contributed by atoms with Crippen LogP contribution in [0.4, 0.5) is 5.13 Å². The fourth-order valence-electron chi connectivity index (χ4n) is 2.24. The molecule has 3 heterocycles. The van der Waals surface area contributed by atoms with Gasteiger partial charge in [0.1, 0.15) is 5.76 Å². The molecule has 1 fully saturated rings. The van der Waals surface area contributed by atoms with Crippen LogP contribution in [0.3, 0.4) is 0 Å². The number of anilines is 1. The first-order valence-corrected chi connectivity index (χ1v) is 9.11. The molecule has 8 nitrogen and oxygen atoms in total. The fraction of sp³-hybridized carbons (Fsp3) is 0.400. The summed E-state index contributed by atoms with van der Waals surface area (Å²) in [6.07, 6.45) is 1.78. The second-order valence-electron chi connectivity index (χ2n) is 5.33. The van der Waals surface area contributed by atoms with Crippen molar-refractivity contribution in [1.82, 2.24) is 21.2 Å². The molecule has 0 saturated carbocycles. The van der Waals surface area contributed by atoms with Gasteiger partial charge in [-0.25, -0.2) is 4.98 Å². The van der Waals surface area contributed by atoms with E-state index in [-0.39, 0.29) is 12.3 Å². The van der Waals surface area contributed by atoms with Crippen molar-refractivity contribution in [1.29, 1.82) is 0 Å². The van der Waals surface area contributed by atoms with Crippen LogP contribution in [0.15, 0.2) is 28.2 Å². The Bertz CT molecular complexity index is 698. The average molecular weight is 381 g/mol. The van der Waals surface area contributed by atoms with Gasteiger partial charge in [-0.1, -0.05) is 0 Å². The number of hydrogen-bond acceptors (Lipinski definition) is 7. The molecular formula is C15H19N5O3S2. The number of carbonyl (C=O) groups is 1. The van der Waals surface area contributed by atoms with Crippen molar-refractivity contribution in [3.8, 4) is 0 Å². The number of ether oxygens (including phenoxy) is 1. The van der Waals surface area contributed by atoms with Crippen LogP contribution in [0.1, 0.15) is 11.5 Å². The van der Waals surface area contributed by atoms with Crippen LogP contribution in [-0.2, 0) is 22.5 Å². The molecule has 134 valence electrons. The monoisotopic (exact) mass is 381 g/mol. The number of amides is 1. The number of morpholine rings is 1. The Kier molecular flexibility index (Phi) is 6.20. The van der Waals surface area contributed by atoms with E-state index in [1.54, 1.807) is 12.3 Å². The number of rotatable bonds is 5. The van der Waals surface area contributed by atoms with Crippen molar-refractivity contribution < 1.29 is 13.9 Å². The maximum Gasteiger partial charge on any atom is 0.244 e. The van der Waals surface area contributed by atoms with Gasteiger partial charge in [0, 0.05) is 18.5 Å². The molecule has 1 aliphatic rings. The van der Waals surface area contributed by atoms with E-state index in [0.717, 1.165) is 29.7 Å². The molecule has 0 unspecified atom stereocenters. The lowest BCUT2D eigenvalue weighted by Crippen LogP contribution is -2.47. The summed E-state index contributed by atoms with van der Waals surface area (Å²) < 4.78 is 10.5. The number of thiocarbonyl (C=S) groups is 1. The van der Waals surface area contributed by atoms with Crippen LogP contribution in [0.5, 0.6) is 0 Å². The molecule has 0 aromatic carbocycles. The van der Waals surface area contributed by atoms with Gasteiger partial charge in [0.25, 0.3) is 0 Å². The van der Waals surface area contributed by atoms with Crippen molar-refractivity contribution in [2.24, 2.45) is 0 Å². The summed E-state index contributed by atoms with van der Waals surface area (Å²) in [6.45, 7) is 3.53. The summed E-state index contributed by atoms with van der Waals surface area (Å²) in [5.74, 6) is 0.551. The predicted octanol–water partition coefficient (Wildman–Crippen LogP) is 0.811. The standard InChI is InChI=1S/C15H19N5O3S2/c21-13(18-19-14(24)16-9-12-2-1-5-23-12)8-11-10-25-15(17-11)20-3-6-22-7-4-20/h1-2,5,10H,3-4,6-9H2,(H,18,21)(H2,16,19,24). The van der Waals surface area contributed by atoms with Gasteiger partial charge in [-0.3, -0.25) is 15.6 Å². The summed E-state index contributed by atoms with van der Waals surface area (Å²) in [7, 11) is 0. The number of thiazole rings is 1. The molecule has 0 spiro atoms. The molecule has 1 amide bonds. The smallest absolute Gasteiger partial charge is 0.244 e. The van der Waals surface area contributed by atoms with Crippen LogP contribution in [0.25, 0.3) is 0 Å². The molecule has 1 saturated heterocycles. The fourth-order valence-corrected chi connectivity index (χ4v) is 3.24. The Balaban J connectivity index is 1.38. The molecule has 2 aromatic heterocycles. The lowest BCUT2D eigenvalue weighted by atomic mass is 10.3. The van der Waals surface area contributed by atoms with Crippen LogP contribution in [0.2, 0.25) is 0 Å². The van der Waals surface area contributed by atoms with E-state index in [9.17, 15) is 4.79 Å². The molecule has 2 aromatic rings. The quantitative estimate of drug-likeness (QED) is 0.518. The zero-order valence-electron chi connectivity index (χ0n) is 13.5. The lowest BCUT2D eigenvalue weighted by Gasteiger charge is -2.26. The minimum atomic E-state index is -0.207. The van der Waals surface area contributed by atoms with Gasteiger partial charge in [0.05, 0.1) is 38.1 Å². The first kappa shape index (κ1) is 17.6. The Morgan fingerprint density at radius 1 is 1.36 bits per heavy atom. The van der Waals surface area contributed by atoms with Gasteiger partial charge in [-0.05, 0) is 24.4 Å². The lowest BCUT2D eigenvalue weighted by molar-refractivity contribution is -0.121. The maximum atomic E-state index is 12.0. The summed E-state index contributed by atoms with van der Waals surface area (Å²) in [5.41, 5.74) is 5.96. The third-order valence-corrected chi connectivity index (χ3v) is 4.68. The summed E-state index contributed by atoms with van der Waals surface area (Å²) in [5, 5.41) is 6.07. The zero-order valence-corrected chi connectivity index (χ0v) is 15.1. The molecule has 3 rings (SSSR count). The highest BCUT2D eigenvalue weighted by atomic mass is 32.1. The largest absolute Gasteiger partial charge is 0.467 e. The highest BCUT2D eigenvalue weighted by Crippen LogP contribution is 2.21. The number of aromatic nitrogens is 1. The predicted molar refractivity (Wildman–Crippen MR) is 98.3 cm³/mol. The topological polar surface area (TPSA) is 91.7 Å². The van der Waals surface area contributed by atoms with Crippen molar-refractivity contribution in [2.45, 2.75) is 13.0 Å². The molecule has 0 atom stereocenters. The summed E-state index contributed by atoms with van der Waals surface area (Å²) in [6, 6.07) is 3.64. The molecule has 0 bridgehead atoms. The van der Waals surface area contributed by atoms with Gasteiger partial charge in [-0.2, -0.15) is 0 Å². The molecule has 25 heavy (non-hydrogen) atoms. The zero-order chi connectivity index (χ0) is 17.5. The van der Waals surface area contributed by atoms with Gasteiger partial charge in [-0.15, -0.1) is 11.3 Å². The number of furan rings is 1. The molecule has 1 aliphatic heterocycles. The first-order chi connectivity index (χ1) is 12.2. The van der Waals surface area contributed by atoms with E-state index in [0.29, 0.717) is 24.9 Å². The van der Waals surface area contributed by atoms with Gasteiger partial charge in [0.2, 0.25) is 5.91 Å². The average Bonchev–Trinajstić information content (AvgIpc) is 3.31. The molecular weight excluding hydrogens is 362 g/mol. The third kappa shape index (κ3) is 5.41. The molecule has 0 radical (unpaired) electrons. The van der Waals surface area contributed by atoms with E-state index in [1.165, 1.54) is 11.3 Å². The van der Waals surface area contributed by atoms with Crippen molar-refractivity contribution in [3.05, 3.63) is 35.2 Å². The number of nitrogens with zero attached hydrogens (tertiary/aromatic N) is 2. The second kappa shape index (κ2) is 8.79. The van der Waals surface area contributed by atoms with E-state index in [2.05, 4.69) is 26.1 Å². The van der Waals surface area contributed by atoms with E-state index < -0.39 is 0 Å². The van der Waals surface area contributed by atoms with Crippen LogP contribution in [-0.4, -0.2) is 42.3 Å². The Labute approximate surface area is 154 Å². The highest BCUT2D eigenvalue weighted by molar-refractivity contribution is 7.80. The maximum absolute atomic E-state index is 12.0. The number of nitrogens with one attached hydrogen (secondary N) is 3. The van der Waals surface area contributed by atoms with Crippen molar-refractivity contribution in [2.75, 3.05) is 31.2 Å². The SMILES string of the molecule is O=C(Cc1csc(N2CCOCC2)n1)NNC(=S)NCc1ccco1. The second-order valence-corrected chi connectivity index (χ2v) is 6.58. The van der Waals surface area contributed by atoms with Crippen LogP contribution in [0, 0.1) is 0 Å². The Hall–Kier alpha value is -2.17. The minimum Gasteiger partial charge on any atom is -0.467 e. The molecule has 3 N–H and O–H groups in total. The van der Waals surface area contributed by atoms with E-state index in [4.69, 9.17) is 21.4 Å². The van der Waals surface area contributed by atoms with Crippen LogP contribution >= 0.6 is 23.6 Å². The Morgan fingerprint density at radius 2 is 2.20 bits per heavy atom. The number of hydrogen-bond donors (Lipinski definition) is 3. The van der Waals surface area contributed by atoms with E-state index >= 15 is 0 Å². The van der Waals surface area contributed by atoms with Crippen molar-refractivity contribution >= 4 is 39.7 Å². The van der Waals surface area contributed by atoms with E-state index in [1.807, 2.05) is 11.4 Å².